The number of carbonyl (C=O) groups is 3. The molecule has 0 aliphatic heterocycles. The zero-order chi connectivity index (χ0) is 46.1. The molecule has 0 rings (SSSR count). The predicted octanol–water partition coefficient (Wildman–Crippen LogP) is 18.5. The molecular formula is C57H110O6. The first-order valence-corrected chi connectivity index (χ1v) is 28.2. The second-order valence-electron chi connectivity index (χ2n) is 20.5. The molecule has 6 nitrogen and oxygen atoms in total. The van der Waals surface area contributed by atoms with E-state index in [1.165, 1.54) is 205 Å². The van der Waals surface area contributed by atoms with Crippen molar-refractivity contribution in [1.29, 1.82) is 0 Å². The van der Waals surface area contributed by atoms with Gasteiger partial charge in [-0.1, -0.05) is 279 Å². The van der Waals surface area contributed by atoms with Crippen molar-refractivity contribution in [3.8, 4) is 0 Å². The first-order chi connectivity index (χ1) is 30.7. The molecule has 0 saturated carbocycles. The van der Waals surface area contributed by atoms with E-state index in [1.54, 1.807) is 0 Å². The van der Waals surface area contributed by atoms with Crippen molar-refractivity contribution < 1.29 is 28.6 Å². The fraction of sp³-hybridized carbons (Fsp3) is 0.947. The van der Waals surface area contributed by atoms with Crippen molar-refractivity contribution in [2.75, 3.05) is 13.2 Å². The molecule has 0 aliphatic rings. The summed E-state index contributed by atoms with van der Waals surface area (Å²) in [6.07, 6.45) is 52.3. The number of ether oxygens (including phenoxy) is 3. The zero-order valence-electron chi connectivity index (χ0n) is 43.2. The molecule has 0 aliphatic carbocycles. The Morgan fingerprint density at radius 2 is 0.524 bits per heavy atom. The van der Waals surface area contributed by atoms with Gasteiger partial charge in [0.2, 0.25) is 0 Å². The van der Waals surface area contributed by atoms with Gasteiger partial charge in [-0.2, -0.15) is 0 Å². The number of hydrogen-bond acceptors (Lipinski definition) is 6. The lowest BCUT2D eigenvalue weighted by Gasteiger charge is -2.18. The Bertz CT molecular complexity index is 962. The fourth-order valence-electron chi connectivity index (χ4n) is 8.70. The Hall–Kier alpha value is -1.59. The normalized spacial score (nSPS) is 12.0. The molecule has 0 unspecified atom stereocenters. The highest BCUT2D eigenvalue weighted by Gasteiger charge is 2.19. The van der Waals surface area contributed by atoms with Crippen LogP contribution in [0.4, 0.5) is 0 Å². The van der Waals surface area contributed by atoms with Gasteiger partial charge in [0.15, 0.2) is 6.10 Å². The van der Waals surface area contributed by atoms with E-state index in [1.807, 2.05) is 0 Å². The second kappa shape index (κ2) is 49.8. The molecule has 0 aromatic heterocycles. The van der Waals surface area contributed by atoms with Crippen LogP contribution < -0.4 is 0 Å². The molecule has 374 valence electrons. The molecule has 0 fully saturated rings. The summed E-state index contributed by atoms with van der Waals surface area (Å²) in [5.41, 5.74) is 0. The van der Waals surface area contributed by atoms with E-state index in [4.69, 9.17) is 14.2 Å². The van der Waals surface area contributed by atoms with Crippen LogP contribution in [0.15, 0.2) is 0 Å². The maximum Gasteiger partial charge on any atom is 0.306 e. The minimum Gasteiger partial charge on any atom is -0.462 e. The maximum atomic E-state index is 12.8. The van der Waals surface area contributed by atoms with Crippen molar-refractivity contribution in [3.05, 3.63) is 0 Å². The van der Waals surface area contributed by atoms with Gasteiger partial charge in [-0.3, -0.25) is 14.4 Å². The molecule has 1 atom stereocenters. The maximum absolute atomic E-state index is 12.8. The van der Waals surface area contributed by atoms with Gasteiger partial charge < -0.3 is 14.2 Å². The second-order valence-corrected chi connectivity index (χ2v) is 20.5. The van der Waals surface area contributed by atoms with Crippen molar-refractivity contribution in [2.24, 2.45) is 11.8 Å². The molecule has 0 N–H and O–H groups in total. The summed E-state index contributed by atoms with van der Waals surface area (Å²) in [7, 11) is 0. The third kappa shape index (κ3) is 51.3. The topological polar surface area (TPSA) is 78.9 Å². The van der Waals surface area contributed by atoms with E-state index >= 15 is 0 Å². The van der Waals surface area contributed by atoms with Crippen LogP contribution in [0.1, 0.15) is 317 Å². The van der Waals surface area contributed by atoms with E-state index in [9.17, 15) is 14.4 Å². The van der Waals surface area contributed by atoms with Crippen LogP contribution in [0.3, 0.4) is 0 Å². The average Bonchev–Trinajstić information content (AvgIpc) is 3.25. The van der Waals surface area contributed by atoms with Gasteiger partial charge in [-0.25, -0.2) is 0 Å². The first-order valence-electron chi connectivity index (χ1n) is 28.2. The number of unbranched alkanes of at least 4 members (excludes halogenated alkanes) is 36. The highest BCUT2D eigenvalue weighted by molar-refractivity contribution is 5.71. The van der Waals surface area contributed by atoms with Crippen LogP contribution in [-0.2, 0) is 28.6 Å². The third-order valence-corrected chi connectivity index (χ3v) is 13.0. The molecular weight excluding hydrogens is 781 g/mol. The largest absolute Gasteiger partial charge is 0.462 e. The van der Waals surface area contributed by atoms with Crippen molar-refractivity contribution in [2.45, 2.75) is 323 Å². The molecule has 63 heavy (non-hydrogen) atoms. The SMILES string of the molecule is CCCCCCCCCCCCCCCCCCC(=O)OC[C@H](COC(=O)CCCCCCCCCCCCC(C)C)OC(=O)CCCCCCCCCCCCCCCC(C)C. The van der Waals surface area contributed by atoms with Gasteiger partial charge in [0.25, 0.3) is 0 Å². The van der Waals surface area contributed by atoms with E-state index in [-0.39, 0.29) is 31.1 Å². The summed E-state index contributed by atoms with van der Waals surface area (Å²) >= 11 is 0. The van der Waals surface area contributed by atoms with Crippen molar-refractivity contribution in [1.82, 2.24) is 0 Å². The molecule has 0 bridgehead atoms. The lowest BCUT2D eigenvalue weighted by atomic mass is 10.0. The van der Waals surface area contributed by atoms with Gasteiger partial charge in [0.05, 0.1) is 0 Å². The molecule has 0 radical (unpaired) electrons. The monoisotopic (exact) mass is 891 g/mol. The summed E-state index contributed by atoms with van der Waals surface area (Å²) in [4.78, 5) is 38.1. The van der Waals surface area contributed by atoms with Crippen LogP contribution in [-0.4, -0.2) is 37.2 Å². The lowest BCUT2D eigenvalue weighted by molar-refractivity contribution is -0.167. The molecule has 0 amide bonds. The summed E-state index contributed by atoms with van der Waals surface area (Å²) < 4.78 is 16.9. The van der Waals surface area contributed by atoms with Gasteiger partial charge in [-0.05, 0) is 31.1 Å². The van der Waals surface area contributed by atoms with E-state index in [2.05, 4.69) is 34.6 Å². The minimum absolute atomic E-state index is 0.0629. The van der Waals surface area contributed by atoms with Crippen LogP contribution >= 0.6 is 0 Å². The summed E-state index contributed by atoms with van der Waals surface area (Å²) in [6, 6.07) is 0. The van der Waals surface area contributed by atoms with Gasteiger partial charge in [-0.15, -0.1) is 0 Å². The van der Waals surface area contributed by atoms with Crippen molar-refractivity contribution >= 4 is 17.9 Å². The third-order valence-electron chi connectivity index (χ3n) is 13.0. The highest BCUT2D eigenvalue weighted by atomic mass is 16.6. The Labute approximate surface area is 393 Å². The van der Waals surface area contributed by atoms with Crippen LogP contribution in [0.5, 0.6) is 0 Å². The van der Waals surface area contributed by atoms with Gasteiger partial charge in [0, 0.05) is 19.3 Å². The molecule has 0 saturated heterocycles. The van der Waals surface area contributed by atoms with Gasteiger partial charge in [0.1, 0.15) is 13.2 Å². The number of hydrogen-bond donors (Lipinski definition) is 0. The number of rotatable bonds is 51. The van der Waals surface area contributed by atoms with E-state index in [0.29, 0.717) is 19.3 Å². The van der Waals surface area contributed by atoms with Crippen LogP contribution in [0.2, 0.25) is 0 Å². The van der Waals surface area contributed by atoms with Gasteiger partial charge >= 0.3 is 17.9 Å². The molecule has 0 spiro atoms. The lowest BCUT2D eigenvalue weighted by Crippen LogP contribution is -2.30. The average molecular weight is 892 g/mol. The smallest absolute Gasteiger partial charge is 0.306 e. The van der Waals surface area contributed by atoms with Crippen molar-refractivity contribution in [3.63, 3.8) is 0 Å². The Morgan fingerprint density at radius 1 is 0.302 bits per heavy atom. The predicted molar refractivity (Wildman–Crippen MR) is 270 cm³/mol. The summed E-state index contributed by atoms with van der Waals surface area (Å²) in [5, 5.41) is 0. The molecule has 0 aromatic carbocycles. The summed E-state index contributed by atoms with van der Waals surface area (Å²) in [6.45, 7) is 11.4. The Morgan fingerprint density at radius 3 is 0.778 bits per heavy atom. The highest BCUT2D eigenvalue weighted by Crippen LogP contribution is 2.18. The molecule has 0 heterocycles. The summed E-state index contributed by atoms with van der Waals surface area (Å²) in [5.74, 6) is 0.815. The minimum atomic E-state index is -0.762. The van der Waals surface area contributed by atoms with E-state index in [0.717, 1.165) is 69.6 Å². The Balaban J connectivity index is 4.30. The Kier molecular flexibility index (Phi) is 48.6. The molecule has 0 aromatic rings. The zero-order valence-corrected chi connectivity index (χ0v) is 43.2. The molecule has 6 heteroatoms. The van der Waals surface area contributed by atoms with E-state index < -0.39 is 6.10 Å². The quantitative estimate of drug-likeness (QED) is 0.0344. The first kappa shape index (κ1) is 61.4. The van der Waals surface area contributed by atoms with Crippen LogP contribution in [0, 0.1) is 11.8 Å². The number of esters is 3. The fourth-order valence-corrected chi connectivity index (χ4v) is 8.70. The standard InChI is InChI=1S/C57H110O6/c1-6-7-8-9-10-11-12-13-14-15-18-21-27-32-37-42-47-55(58)61-50-54(51-62-56(59)48-43-38-33-28-24-23-26-31-36-41-46-53(4)5)63-57(60)49-44-39-34-29-22-19-16-17-20-25-30-35-40-45-52(2)3/h52-54H,6-51H2,1-5H3/t54-/m1/s1. The number of carbonyl (C=O) groups excluding carboxylic acids is 3. The van der Waals surface area contributed by atoms with Crippen LogP contribution in [0.25, 0.3) is 0 Å².